The normalized spacial score (nSPS) is 13.3. The Morgan fingerprint density at radius 1 is 1.44 bits per heavy atom. The fourth-order valence-corrected chi connectivity index (χ4v) is 1.58. The van der Waals surface area contributed by atoms with E-state index in [1.165, 1.54) is 19.2 Å². The van der Waals surface area contributed by atoms with Gasteiger partial charge in [0.25, 0.3) is 5.91 Å². The van der Waals surface area contributed by atoms with E-state index in [0.29, 0.717) is 16.8 Å². The molecule has 0 spiro atoms. The molecule has 1 amide bonds. The number of benzene rings is 1. The monoisotopic (exact) mass is 220 g/mol. The highest BCUT2D eigenvalue weighted by Gasteiger charge is 2.28. The van der Waals surface area contributed by atoms with Crippen LogP contribution in [0.1, 0.15) is 15.9 Å². The number of nitro groups is 1. The third-order valence-corrected chi connectivity index (χ3v) is 2.35. The van der Waals surface area contributed by atoms with Crippen molar-refractivity contribution in [3.05, 3.63) is 40.0 Å². The van der Waals surface area contributed by atoms with Crippen LogP contribution < -0.4 is 10.1 Å². The van der Waals surface area contributed by atoms with E-state index in [9.17, 15) is 14.9 Å². The quantitative estimate of drug-likeness (QED) is 0.601. The third kappa shape index (κ3) is 1.31. The van der Waals surface area contributed by atoms with Crippen LogP contribution in [0.25, 0.3) is 5.70 Å². The molecule has 2 rings (SSSR count). The molecule has 1 aliphatic heterocycles. The van der Waals surface area contributed by atoms with Crippen LogP contribution in [0.2, 0.25) is 0 Å². The van der Waals surface area contributed by atoms with Gasteiger partial charge in [-0.3, -0.25) is 14.9 Å². The number of nitro benzene ring substituents is 1. The lowest BCUT2D eigenvalue weighted by Gasteiger charge is -2.03. The van der Waals surface area contributed by atoms with E-state index < -0.39 is 4.92 Å². The van der Waals surface area contributed by atoms with E-state index in [1.54, 1.807) is 0 Å². The summed E-state index contributed by atoms with van der Waals surface area (Å²) >= 11 is 0. The standard InChI is InChI=1S/C10H8N2O4/c1-5-6-3-8(12(14)15)9(16-2)4-7(6)10(13)11-5/h3-4H,1H2,2H3,(H,11,13). The molecule has 6 heteroatoms. The fraction of sp³-hybridized carbons (Fsp3) is 0.100. The number of carbonyl (C=O) groups excluding carboxylic acids is 1. The molecule has 16 heavy (non-hydrogen) atoms. The molecule has 82 valence electrons. The predicted octanol–water partition coefficient (Wildman–Crippen LogP) is 1.32. The highest BCUT2D eigenvalue weighted by molar-refractivity contribution is 6.09. The number of hydrogen-bond acceptors (Lipinski definition) is 4. The molecular formula is C10H8N2O4. The molecular weight excluding hydrogens is 212 g/mol. The van der Waals surface area contributed by atoms with Crippen LogP contribution in [0, 0.1) is 10.1 Å². The van der Waals surface area contributed by atoms with Gasteiger partial charge in [0, 0.05) is 23.4 Å². The summed E-state index contributed by atoms with van der Waals surface area (Å²) < 4.78 is 4.86. The zero-order chi connectivity index (χ0) is 11.9. The average Bonchev–Trinajstić information content (AvgIpc) is 2.52. The highest BCUT2D eigenvalue weighted by atomic mass is 16.6. The first kappa shape index (κ1) is 10.2. The lowest BCUT2D eigenvalue weighted by Crippen LogP contribution is -2.11. The third-order valence-electron chi connectivity index (χ3n) is 2.35. The Labute approximate surface area is 90.7 Å². The number of nitrogens with zero attached hydrogens (tertiary/aromatic N) is 1. The second-order valence-electron chi connectivity index (χ2n) is 3.26. The van der Waals surface area contributed by atoms with Crippen LogP contribution in [0.3, 0.4) is 0 Å². The molecule has 0 unspecified atom stereocenters. The number of carbonyl (C=O) groups is 1. The van der Waals surface area contributed by atoms with Gasteiger partial charge in [0.15, 0.2) is 5.75 Å². The first-order valence-electron chi connectivity index (χ1n) is 4.41. The maximum Gasteiger partial charge on any atom is 0.311 e. The predicted molar refractivity (Wildman–Crippen MR) is 56.1 cm³/mol. The minimum atomic E-state index is -0.560. The molecule has 0 radical (unpaired) electrons. The van der Waals surface area contributed by atoms with Crippen LogP contribution in [-0.4, -0.2) is 17.9 Å². The number of ether oxygens (including phenoxy) is 1. The van der Waals surface area contributed by atoms with E-state index in [0.717, 1.165) is 0 Å². The highest BCUT2D eigenvalue weighted by Crippen LogP contribution is 2.34. The van der Waals surface area contributed by atoms with E-state index in [2.05, 4.69) is 11.9 Å². The minimum Gasteiger partial charge on any atom is -0.490 e. The Bertz CT molecular complexity index is 522. The second-order valence-corrected chi connectivity index (χ2v) is 3.26. The molecule has 0 atom stereocenters. The summed E-state index contributed by atoms with van der Waals surface area (Å²) in [6, 6.07) is 2.63. The topological polar surface area (TPSA) is 81.5 Å². The molecule has 1 N–H and O–H groups in total. The van der Waals surface area contributed by atoms with Gasteiger partial charge in [-0.05, 0) is 0 Å². The van der Waals surface area contributed by atoms with Crippen molar-refractivity contribution in [2.75, 3.05) is 7.11 Å². The van der Waals surface area contributed by atoms with Gasteiger partial charge < -0.3 is 10.1 Å². The first-order valence-corrected chi connectivity index (χ1v) is 4.41. The van der Waals surface area contributed by atoms with Crippen LogP contribution in [-0.2, 0) is 0 Å². The number of nitrogens with one attached hydrogen (secondary N) is 1. The average molecular weight is 220 g/mol. The van der Waals surface area contributed by atoms with E-state index in [-0.39, 0.29) is 17.3 Å². The Morgan fingerprint density at radius 2 is 2.12 bits per heavy atom. The van der Waals surface area contributed by atoms with Crippen molar-refractivity contribution in [2.24, 2.45) is 0 Å². The minimum absolute atomic E-state index is 0.0635. The number of methoxy groups -OCH3 is 1. The molecule has 0 bridgehead atoms. The Morgan fingerprint density at radius 3 is 2.69 bits per heavy atom. The Kier molecular flexibility index (Phi) is 2.12. The lowest BCUT2D eigenvalue weighted by molar-refractivity contribution is -0.385. The lowest BCUT2D eigenvalue weighted by atomic mass is 10.1. The first-order chi connectivity index (χ1) is 7.54. The van der Waals surface area contributed by atoms with Gasteiger partial charge in [-0.1, -0.05) is 6.58 Å². The van der Waals surface area contributed by atoms with Crippen LogP contribution >= 0.6 is 0 Å². The molecule has 1 aliphatic rings. The summed E-state index contributed by atoms with van der Waals surface area (Å²) in [5.74, 6) is -0.262. The van der Waals surface area contributed by atoms with Gasteiger partial charge in [-0.25, -0.2) is 0 Å². The molecule has 6 nitrogen and oxygen atoms in total. The van der Waals surface area contributed by atoms with E-state index in [1.807, 2.05) is 0 Å². The number of amides is 1. The van der Waals surface area contributed by atoms with Crippen molar-refractivity contribution in [1.82, 2.24) is 5.32 Å². The summed E-state index contributed by atoms with van der Waals surface area (Å²) in [7, 11) is 1.32. The molecule has 0 aromatic heterocycles. The summed E-state index contributed by atoms with van der Waals surface area (Å²) in [6.45, 7) is 3.61. The zero-order valence-electron chi connectivity index (χ0n) is 8.44. The van der Waals surface area contributed by atoms with Gasteiger partial charge in [-0.15, -0.1) is 0 Å². The number of fused-ring (bicyclic) bond motifs is 1. The smallest absolute Gasteiger partial charge is 0.311 e. The van der Waals surface area contributed by atoms with Crippen LogP contribution in [0.5, 0.6) is 5.75 Å². The van der Waals surface area contributed by atoms with Crippen molar-refractivity contribution in [1.29, 1.82) is 0 Å². The number of rotatable bonds is 2. The summed E-state index contributed by atoms with van der Waals surface area (Å²) in [5.41, 5.74) is 0.967. The zero-order valence-corrected chi connectivity index (χ0v) is 8.44. The summed E-state index contributed by atoms with van der Waals surface area (Å²) in [4.78, 5) is 21.6. The van der Waals surface area contributed by atoms with Crippen LogP contribution in [0.4, 0.5) is 5.69 Å². The van der Waals surface area contributed by atoms with Crippen molar-refractivity contribution in [3.8, 4) is 5.75 Å². The largest absolute Gasteiger partial charge is 0.490 e. The van der Waals surface area contributed by atoms with E-state index in [4.69, 9.17) is 4.74 Å². The molecule has 1 aromatic carbocycles. The second kappa shape index (κ2) is 3.34. The number of hydrogen-bond donors (Lipinski definition) is 1. The van der Waals surface area contributed by atoms with Crippen molar-refractivity contribution < 1.29 is 14.5 Å². The van der Waals surface area contributed by atoms with Crippen LogP contribution in [0.15, 0.2) is 18.7 Å². The summed E-state index contributed by atoms with van der Waals surface area (Å²) in [5, 5.41) is 13.2. The molecule has 0 aliphatic carbocycles. The fourth-order valence-electron chi connectivity index (χ4n) is 1.58. The van der Waals surface area contributed by atoms with Gasteiger partial charge in [0.05, 0.1) is 17.6 Å². The van der Waals surface area contributed by atoms with Crippen molar-refractivity contribution >= 4 is 17.3 Å². The molecule has 1 aromatic rings. The summed E-state index contributed by atoms with van der Waals surface area (Å²) in [6.07, 6.45) is 0. The Hall–Kier alpha value is -2.37. The van der Waals surface area contributed by atoms with Gasteiger partial charge in [0.2, 0.25) is 0 Å². The Balaban J connectivity index is 2.69. The van der Waals surface area contributed by atoms with Gasteiger partial charge in [0.1, 0.15) is 0 Å². The molecule has 0 saturated heterocycles. The SMILES string of the molecule is C=C1NC(=O)c2cc(OC)c([N+](=O)[O-])cc21. The molecule has 0 fully saturated rings. The van der Waals surface area contributed by atoms with Gasteiger partial charge >= 0.3 is 5.69 Å². The molecule has 1 heterocycles. The molecule has 0 saturated carbocycles. The van der Waals surface area contributed by atoms with Gasteiger partial charge in [-0.2, -0.15) is 0 Å². The van der Waals surface area contributed by atoms with Crippen molar-refractivity contribution in [3.63, 3.8) is 0 Å². The van der Waals surface area contributed by atoms with E-state index >= 15 is 0 Å². The maximum absolute atomic E-state index is 11.4. The maximum atomic E-state index is 11.4. The van der Waals surface area contributed by atoms with Crippen molar-refractivity contribution in [2.45, 2.75) is 0 Å².